The smallest absolute Gasteiger partial charge is 0.150 e. The Kier molecular flexibility index (Phi) is 1.82. The van der Waals surface area contributed by atoms with Crippen molar-refractivity contribution in [1.29, 1.82) is 0 Å². The van der Waals surface area contributed by atoms with Crippen LogP contribution in [0.15, 0.2) is 24.3 Å². The maximum Gasteiger partial charge on any atom is 0.150 e. The van der Waals surface area contributed by atoms with Gasteiger partial charge >= 0.3 is 0 Å². The third kappa shape index (κ3) is 1.64. The fraction of sp³-hybridized carbons (Fsp3) is 0.300. The molecule has 12 heavy (non-hydrogen) atoms. The fourth-order valence-electron chi connectivity index (χ4n) is 1.04. The third-order valence-corrected chi connectivity index (χ3v) is 1.82. The second kappa shape index (κ2) is 2.97. The summed E-state index contributed by atoms with van der Waals surface area (Å²) in [6.07, 6.45) is 3.52. The molecule has 62 valence electrons. The maximum atomic E-state index is 10.4. The summed E-state index contributed by atoms with van der Waals surface area (Å²) in [7, 11) is 0. The Hall–Kier alpha value is -1.31. The molecule has 1 aromatic rings. The fourth-order valence-corrected chi connectivity index (χ4v) is 1.04. The molecule has 0 unspecified atom stereocenters. The zero-order valence-corrected chi connectivity index (χ0v) is 6.69. The third-order valence-electron chi connectivity index (χ3n) is 1.82. The minimum absolute atomic E-state index is 0.395. The average Bonchev–Trinajstić information content (AvgIpc) is 2.89. The van der Waals surface area contributed by atoms with Crippen molar-refractivity contribution in [2.75, 3.05) is 0 Å². The van der Waals surface area contributed by atoms with Crippen molar-refractivity contribution in [2.24, 2.45) is 0 Å². The van der Waals surface area contributed by atoms with E-state index < -0.39 is 0 Å². The topological polar surface area (TPSA) is 26.3 Å². The lowest BCUT2D eigenvalue weighted by atomic mass is 10.2. The molecule has 1 aromatic carbocycles. The van der Waals surface area contributed by atoms with Crippen LogP contribution >= 0.6 is 0 Å². The number of carbonyl (C=O) groups is 1. The van der Waals surface area contributed by atoms with Gasteiger partial charge in [0.2, 0.25) is 0 Å². The summed E-state index contributed by atoms with van der Waals surface area (Å²) >= 11 is 0. The van der Waals surface area contributed by atoms with E-state index >= 15 is 0 Å². The lowest BCUT2D eigenvalue weighted by molar-refractivity contribution is 0.112. The van der Waals surface area contributed by atoms with Crippen LogP contribution in [-0.2, 0) is 0 Å². The van der Waals surface area contributed by atoms with Gasteiger partial charge in [0.25, 0.3) is 0 Å². The van der Waals surface area contributed by atoms with Crippen LogP contribution in [0.2, 0.25) is 0 Å². The first-order valence-corrected chi connectivity index (χ1v) is 4.10. The summed E-state index contributed by atoms with van der Waals surface area (Å²) in [4.78, 5) is 10.4. The van der Waals surface area contributed by atoms with Gasteiger partial charge in [0.1, 0.15) is 12.0 Å². The number of carbonyl (C=O) groups excluding carboxylic acids is 1. The molecule has 0 atom stereocenters. The quantitative estimate of drug-likeness (QED) is 0.636. The molecular formula is C10H10O2. The summed E-state index contributed by atoms with van der Waals surface area (Å²) in [6, 6.07) is 7.25. The standard InChI is InChI=1S/C10H10O2/c11-7-8-2-1-3-10(6-8)12-9-4-5-9/h1-3,6-7,9H,4-5H2. The first-order valence-electron chi connectivity index (χ1n) is 4.10. The first kappa shape index (κ1) is 7.35. The summed E-state index contributed by atoms with van der Waals surface area (Å²) in [6.45, 7) is 0. The van der Waals surface area contributed by atoms with Gasteiger partial charge in [0.05, 0.1) is 6.10 Å². The molecule has 0 amide bonds. The SMILES string of the molecule is O=Cc1cccc(OC2CC2)c1. The molecule has 0 saturated heterocycles. The molecule has 0 radical (unpaired) electrons. The van der Waals surface area contributed by atoms with Crippen LogP contribution in [0.5, 0.6) is 5.75 Å². The summed E-state index contributed by atoms with van der Waals surface area (Å²) in [5, 5.41) is 0. The molecule has 2 nitrogen and oxygen atoms in total. The Bertz CT molecular complexity index is 290. The summed E-state index contributed by atoms with van der Waals surface area (Å²) < 4.78 is 5.51. The van der Waals surface area contributed by atoms with Crippen molar-refractivity contribution >= 4 is 6.29 Å². The van der Waals surface area contributed by atoms with Crippen molar-refractivity contribution in [3.05, 3.63) is 29.8 Å². The van der Waals surface area contributed by atoms with Gasteiger partial charge < -0.3 is 4.74 Å². The molecule has 1 saturated carbocycles. The molecule has 1 aliphatic rings. The Morgan fingerprint density at radius 1 is 1.42 bits per heavy atom. The molecule has 0 aliphatic heterocycles. The lowest BCUT2D eigenvalue weighted by Gasteiger charge is -2.03. The van der Waals surface area contributed by atoms with E-state index in [0.29, 0.717) is 11.7 Å². The van der Waals surface area contributed by atoms with Gasteiger partial charge in [-0.1, -0.05) is 12.1 Å². The maximum absolute atomic E-state index is 10.4. The normalized spacial score (nSPS) is 15.7. The Balaban J connectivity index is 2.13. The van der Waals surface area contributed by atoms with E-state index in [0.717, 1.165) is 24.9 Å². The van der Waals surface area contributed by atoms with Crippen molar-refractivity contribution in [3.8, 4) is 5.75 Å². The van der Waals surface area contributed by atoms with E-state index in [1.165, 1.54) is 0 Å². The predicted octanol–water partition coefficient (Wildman–Crippen LogP) is 2.04. The van der Waals surface area contributed by atoms with Crippen molar-refractivity contribution < 1.29 is 9.53 Å². The number of hydrogen-bond donors (Lipinski definition) is 0. The zero-order valence-electron chi connectivity index (χ0n) is 6.69. The van der Waals surface area contributed by atoms with E-state index in [1.807, 2.05) is 12.1 Å². The van der Waals surface area contributed by atoms with Crippen LogP contribution in [0, 0.1) is 0 Å². The zero-order chi connectivity index (χ0) is 8.39. The van der Waals surface area contributed by atoms with Gasteiger partial charge in [-0.25, -0.2) is 0 Å². The van der Waals surface area contributed by atoms with Gasteiger partial charge in [-0.2, -0.15) is 0 Å². The highest BCUT2D eigenvalue weighted by atomic mass is 16.5. The molecule has 0 aromatic heterocycles. The molecule has 0 N–H and O–H groups in total. The van der Waals surface area contributed by atoms with Crippen LogP contribution in [0.3, 0.4) is 0 Å². The molecule has 1 fully saturated rings. The molecule has 0 heterocycles. The van der Waals surface area contributed by atoms with Gasteiger partial charge in [-0.05, 0) is 25.0 Å². The summed E-state index contributed by atoms with van der Waals surface area (Å²) in [5.74, 6) is 0.808. The highest BCUT2D eigenvalue weighted by Crippen LogP contribution is 2.26. The number of ether oxygens (including phenoxy) is 1. The van der Waals surface area contributed by atoms with E-state index in [-0.39, 0.29) is 0 Å². The highest BCUT2D eigenvalue weighted by molar-refractivity contribution is 5.75. The average molecular weight is 162 g/mol. The van der Waals surface area contributed by atoms with Crippen molar-refractivity contribution in [3.63, 3.8) is 0 Å². The molecule has 1 aliphatic carbocycles. The van der Waals surface area contributed by atoms with Gasteiger partial charge in [0.15, 0.2) is 0 Å². The predicted molar refractivity (Wildman–Crippen MR) is 45.5 cm³/mol. The van der Waals surface area contributed by atoms with Gasteiger partial charge in [-0.15, -0.1) is 0 Å². The van der Waals surface area contributed by atoms with Crippen molar-refractivity contribution in [2.45, 2.75) is 18.9 Å². The number of hydrogen-bond acceptors (Lipinski definition) is 2. The van der Waals surface area contributed by atoms with E-state index in [2.05, 4.69) is 0 Å². The molecule has 2 rings (SSSR count). The highest BCUT2D eigenvalue weighted by Gasteiger charge is 2.23. The van der Waals surface area contributed by atoms with Crippen LogP contribution in [0.25, 0.3) is 0 Å². The molecular weight excluding hydrogens is 152 g/mol. The Labute approximate surface area is 71.2 Å². The monoisotopic (exact) mass is 162 g/mol. The number of rotatable bonds is 3. The minimum Gasteiger partial charge on any atom is -0.490 e. The Morgan fingerprint density at radius 2 is 2.25 bits per heavy atom. The van der Waals surface area contributed by atoms with E-state index in [9.17, 15) is 4.79 Å². The largest absolute Gasteiger partial charge is 0.490 e. The first-order chi connectivity index (χ1) is 5.88. The summed E-state index contributed by atoms with van der Waals surface area (Å²) in [5.41, 5.74) is 0.674. The van der Waals surface area contributed by atoms with Gasteiger partial charge in [-0.3, -0.25) is 4.79 Å². The van der Waals surface area contributed by atoms with Crippen molar-refractivity contribution in [1.82, 2.24) is 0 Å². The van der Waals surface area contributed by atoms with Crippen LogP contribution in [0.1, 0.15) is 23.2 Å². The lowest BCUT2D eigenvalue weighted by Crippen LogP contribution is -1.95. The number of aldehydes is 1. The van der Waals surface area contributed by atoms with Crippen LogP contribution in [0.4, 0.5) is 0 Å². The molecule has 2 heteroatoms. The number of benzene rings is 1. The van der Waals surface area contributed by atoms with Crippen LogP contribution in [-0.4, -0.2) is 12.4 Å². The molecule has 0 spiro atoms. The van der Waals surface area contributed by atoms with E-state index in [4.69, 9.17) is 4.74 Å². The van der Waals surface area contributed by atoms with E-state index in [1.54, 1.807) is 12.1 Å². The van der Waals surface area contributed by atoms with Gasteiger partial charge in [0, 0.05) is 5.56 Å². The minimum atomic E-state index is 0.395. The molecule has 0 bridgehead atoms. The second-order valence-electron chi connectivity index (χ2n) is 3.01. The second-order valence-corrected chi connectivity index (χ2v) is 3.01. The Morgan fingerprint density at radius 3 is 2.92 bits per heavy atom. The van der Waals surface area contributed by atoms with Crippen LogP contribution < -0.4 is 4.74 Å².